The van der Waals surface area contributed by atoms with Gasteiger partial charge in [-0.2, -0.15) is 0 Å². The highest BCUT2D eigenvalue weighted by atomic mass is 32.1. The molecule has 0 radical (unpaired) electrons. The van der Waals surface area contributed by atoms with Crippen LogP contribution in [0.4, 0.5) is 4.79 Å². The Hall–Kier alpha value is -1.76. The van der Waals surface area contributed by atoms with Crippen molar-refractivity contribution < 1.29 is 9.53 Å². The smallest absolute Gasteiger partial charge is 0.410 e. The fourth-order valence-electron chi connectivity index (χ4n) is 2.02. The molecule has 1 aromatic rings. The Bertz CT molecular complexity index is 523. The summed E-state index contributed by atoms with van der Waals surface area (Å²) in [6, 6.07) is 4.15. The van der Waals surface area contributed by atoms with E-state index in [1.165, 1.54) is 4.88 Å². The Labute approximate surface area is 149 Å². The van der Waals surface area contributed by atoms with Crippen LogP contribution in [0.1, 0.15) is 32.6 Å². The normalized spacial score (nSPS) is 13.5. The van der Waals surface area contributed by atoms with Crippen molar-refractivity contribution in [2.45, 2.75) is 39.7 Å². The van der Waals surface area contributed by atoms with Crippen LogP contribution in [0.3, 0.4) is 0 Å². The van der Waals surface area contributed by atoms with Crippen LogP contribution in [-0.2, 0) is 11.2 Å². The van der Waals surface area contributed by atoms with Crippen molar-refractivity contribution in [3.05, 3.63) is 22.4 Å². The summed E-state index contributed by atoms with van der Waals surface area (Å²) in [5.74, 6) is 0.637. The van der Waals surface area contributed by atoms with Gasteiger partial charge in [-0.1, -0.05) is 13.0 Å². The average Bonchev–Trinajstić information content (AvgIpc) is 2.96. The molecule has 0 aromatic carbocycles. The van der Waals surface area contributed by atoms with E-state index in [0.29, 0.717) is 19.0 Å². The second-order valence-electron chi connectivity index (χ2n) is 6.95. The quantitative estimate of drug-likeness (QED) is 0.583. The third-order valence-corrected chi connectivity index (χ3v) is 4.06. The highest BCUT2D eigenvalue weighted by Gasteiger charge is 2.20. The molecule has 0 bridgehead atoms. The van der Waals surface area contributed by atoms with E-state index in [9.17, 15) is 4.79 Å². The van der Waals surface area contributed by atoms with Gasteiger partial charge in [0.25, 0.3) is 0 Å². The van der Waals surface area contributed by atoms with Crippen molar-refractivity contribution in [1.82, 2.24) is 10.2 Å². The number of carbonyl (C=O) groups excluding carboxylic acids is 1. The molecule has 7 heteroatoms. The summed E-state index contributed by atoms with van der Waals surface area (Å²) in [7, 11) is 1.73. The molecule has 1 unspecified atom stereocenters. The van der Waals surface area contributed by atoms with E-state index in [-0.39, 0.29) is 12.0 Å². The van der Waals surface area contributed by atoms with Crippen molar-refractivity contribution in [1.29, 1.82) is 0 Å². The van der Waals surface area contributed by atoms with Crippen LogP contribution in [0.2, 0.25) is 0 Å². The SMILES string of the molecule is CC(CN=C(N)NCCc1cccs1)CN(C)C(=O)OC(C)(C)C. The minimum Gasteiger partial charge on any atom is -0.444 e. The monoisotopic (exact) mass is 354 g/mol. The van der Waals surface area contributed by atoms with E-state index in [4.69, 9.17) is 10.5 Å². The Morgan fingerprint density at radius 1 is 1.50 bits per heavy atom. The molecule has 24 heavy (non-hydrogen) atoms. The van der Waals surface area contributed by atoms with Crippen molar-refractivity contribution in [3.8, 4) is 0 Å². The summed E-state index contributed by atoms with van der Waals surface area (Å²) in [6.45, 7) is 9.50. The fourth-order valence-corrected chi connectivity index (χ4v) is 2.73. The maximum absolute atomic E-state index is 11.9. The van der Waals surface area contributed by atoms with Crippen LogP contribution in [0.5, 0.6) is 0 Å². The number of amides is 1. The Morgan fingerprint density at radius 3 is 2.79 bits per heavy atom. The van der Waals surface area contributed by atoms with Gasteiger partial charge in [-0.15, -0.1) is 11.3 Å². The second-order valence-corrected chi connectivity index (χ2v) is 7.98. The van der Waals surface area contributed by atoms with Gasteiger partial charge in [0.2, 0.25) is 0 Å². The standard InChI is InChI=1S/C17H30N4O2S/c1-13(12-21(5)16(22)23-17(2,3)4)11-20-15(18)19-9-8-14-7-6-10-24-14/h6-7,10,13H,8-9,11-12H2,1-5H3,(H3,18,19,20). The zero-order valence-corrected chi connectivity index (χ0v) is 16.2. The number of aliphatic imine (C=N–C) groups is 1. The number of nitrogens with two attached hydrogens (primary N) is 1. The first-order chi connectivity index (χ1) is 11.2. The van der Waals surface area contributed by atoms with Crippen LogP contribution >= 0.6 is 11.3 Å². The molecule has 0 fully saturated rings. The number of guanidine groups is 1. The van der Waals surface area contributed by atoms with Gasteiger partial charge >= 0.3 is 6.09 Å². The van der Waals surface area contributed by atoms with Crippen molar-refractivity contribution in [3.63, 3.8) is 0 Å². The molecule has 136 valence electrons. The molecule has 0 saturated heterocycles. The van der Waals surface area contributed by atoms with Crippen molar-refractivity contribution in [2.75, 3.05) is 26.7 Å². The Morgan fingerprint density at radius 2 is 2.21 bits per heavy atom. The van der Waals surface area contributed by atoms with Gasteiger partial charge in [-0.05, 0) is 44.6 Å². The number of nitrogens with zero attached hydrogens (tertiary/aromatic N) is 2. The summed E-state index contributed by atoms with van der Waals surface area (Å²) < 4.78 is 5.33. The van der Waals surface area contributed by atoms with Crippen LogP contribution in [-0.4, -0.2) is 49.2 Å². The van der Waals surface area contributed by atoms with E-state index in [1.807, 2.05) is 33.8 Å². The number of hydrogen-bond donors (Lipinski definition) is 2. The predicted molar refractivity (Wildman–Crippen MR) is 101 cm³/mol. The predicted octanol–water partition coefficient (Wildman–Crippen LogP) is 2.70. The van der Waals surface area contributed by atoms with Crippen LogP contribution in [0, 0.1) is 5.92 Å². The molecule has 1 aromatic heterocycles. The van der Waals surface area contributed by atoms with Crippen LogP contribution in [0.25, 0.3) is 0 Å². The molecule has 3 N–H and O–H groups in total. The van der Waals surface area contributed by atoms with Gasteiger partial charge in [0.1, 0.15) is 5.60 Å². The highest BCUT2D eigenvalue weighted by Crippen LogP contribution is 2.10. The third-order valence-electron chi connectivity index (χ3n) is 3.12. The van der Waals surface area contributed by atoms with Crippen molar-refractivity contribution >= 4 is 23.4 Å². The second kappa shape index (κ2) is 9.52. The van der Waals surface area contributed by atoms with Crippen LogP contribution in [0.15, 0.2) is 22.5 Å². The van der Waals surface area contributed by atoms with Gasteiger partial charge in [0.15, 0.2) is 5.96 Å². The fraction of sp³-hybridized carbons (Fsp3) is 0.647. The highest BCUT2D eigenvalue weighted by molar-refractivity contribution is 7.09. The van der Waals surface area contributed by atoms with E-state index in [1.54, 1.807) is 23.3 Å². The summed E-state index contributed by atoms with van der Waals surface area (Å²) in [5, 5.41) is 5.18. The molecule has 0 aliphatic heterocycles. The lowest BCUT2D eigenvalue weighted by Crippen LogP contribution is -2.37. The number of thiophene rings is 1. The molecular weight excluding hydrogens is 324 g/mol. The number of rotatable bonds is 7. The maximum atomic E-state index is 11.9. The lowest BCUT2D eigenvalue weighted by atomic mass is 10.2. The summed E-state index contributed by atoms with van der Waals surface area (Å²) in [5.41, 5.74) is 5.39. The largest absolute Gasteiger partial charge is 0.444 e. The minimum absolute atomic E-state index is 0.195. The first kappa shape index (κ1) is 20.3. The molecule has 0 aliphatic carbocycles. The molecule has 1 amide bonds. The van der Waals surface area contributed by atoms with Gasteiger partial charge in [-0.3, -0.25) is 4.99 Å². The lowest BCUT2D eigenvalue weighted by Gasteiger charge is -2.26. The molecule has 1 rings (SSSR count). The molecule has 1 atom stereocenters. The Balaban J connectivity index is 2.27. The zero-order chi connectivity index (χ0) is 18.2. The summed E-state index contributed by atoms with van der Waals surface area (Å²) in [6.07, 6.45) is 0.616. The third kappa shape index (κ3) is 8.76. The van der Waals surface area contributed by atoms with E-state index >= 15 is 0 Å². The molecule has 1 heterocycles. The van der Waals surface area contributed by atoms with E-state index < -0.39 is 5.60 Å². The molecule has 0 aliphatic rings. The number of hydrogen-bond acceptors (Lipinski definition) is 4. The first-order valence-electron chi connectivity index (χ1n) is 8.17. The summed E-state index contributed by atoms with van der Waals surface area (Å²) >= 11 is 1.74. The zero-order valence-electron chi connectivity index (χ0n) is 15.3. The Kier molecular flexibility index (Phi) is 8.04. The number of ether oxygens (including phenoxy) is 1. The van der Waals surface area contributed by atoms with Gasteiger partial charge in [-0.25, -0.2) is 4.79 Å². The molecule has 0 spiro atoms. The van der Waals surface area contributed by atoms with E-state index in [0.717, 1.165) is 13.0 Å². The molecular formula is C17H30N4O2S. The number of nitrogens with one attached hydrogen (secondary N) is 1. The molecule has 0 saturated carbocycles. The number of carbonyl (C=O) groups is 1. The average molecular weight is 355 g/mol. The molecule has 6 nitrogen and oxygen atoms in total. The first-order valence-corrected chi connectivity index (χ1v) is 9.05. The van der Waals surface area contributed by atoms with Crippen molar-refractivity contribution in [2.24, 2.45) is 16.6 Å². The van der Waals surface area contributed by atoms with Gasteiger partial charge in [0.05, 0.1) is 0 Å². The van der Waals surface area contributed by atoms with Gasteiger partial charge in [0, 0.05) is 31.6 Å². The van der Waals surface area contributed by atoms with E-state index in [2.05, 4.69) is 21.8 Å². The minimum atomic E-state index is -0.482. The van der Waals surface area contributed by atoms with Crippen LogP contribution < -0.4 is 11.1 Å². The topological polar surface area (TPSA) is 80.0 Å². The van der Waals surface area contributed by atoms with Gasteiger partial charge < -0.3 is 20.7 Å². The summed E-state index contributed by atoms with van der Waals surface area (Å²) in [4.78, 5) is 19.2. The maximum Gasteiger partial charge on any atom is 0.410 e. The lowest BCUT2D eigenvalue weighted by molar-refractivity contribution is 0.0279.